The first kappa shape index (κ1) is 18.1. The van der Waals surface area contributed by atoms with Crippen molar-refractivity contribution in [3.63, 3.8) is 0 Å². The molecule has 0 bridgehead atoms. The van der Waals surface area contributed by atoms with E-state index in [9.17, 15) is 4.79 Å². The first-order valence-electron chi connectivity index (χ1n) is 9.30. The Labute approximate surface area is 164 Å². The summed E-state index contributed by atoms with van der Waals surface area (Å²) in [4.78, 5) is 17.6. The summed E-state index contributed by atoms with van der Waals surface area (Å²) >= 11 is 1.67. The number of allylic oxidation sites excluding steroid dienone is 1. The first-order valence-corrected chi connectivity index (χ1v) is 10.1. The van der Waals surface area contributed by atoms with Crippen LogP contribution in [0.25, 0.3) is 0 Å². The smallest absolute Gasteiger partial charge is 0.155 e. The van der Waals surface area contributed by atoms with Gasteiger partial charge in [0.2, 0.25) is 0 Å². The van der Waals surface area contributed by atoms with Crippen molar-refractivity contribution >= 4 is 28.9 Å². The van der Waals surface area contributed by atoms with Gasteiger partial charge >= 0.3 is 0 Å². The van der Waals surface area contributed by atoms with Crippen LogP contribution in [-0.2, 0) is 16.1 Å². The van der Waals surface area contributed by atoms with Crippen molar-refractivity contribution in [1.82, 2.24) is 0 Å². The number of thioether (sulfide) groups is 1. The summed E-state index contributed by atoms with van der Waals surface area (Å²) < 4.78 is 5.48. The van der Waals surface area contributed by atoms with Crippen LogP contribution in [-0.4, -0.2) is 32.1 Å². The van der Waals surface area contributed by atoms with Crippen molar-refractivity contribution < 1.29 is 9.53 Å². The van der Waals surface area contributed by atoms with E-state index in [4.69, 9.17) is 4.74 Å². The molecule has 0 spiro atoms. The van der Waals surface area contributed by atoms with E-state index in [1.54, 1.807) is 24.8 Å². The van der Waals surface area contributed by atoms with Crippen LogP contribution >= 0.6 is 11.8 Å². The number of aryl methyl sites for hydroxylation is 1. The highest BCUT2D eigenvalue weighted by Crippen LogP contribution is 2.48. The van der Waals surface area contributed by atoms with Gasteiger partial charge in [-0.3, -0.25) is 4.79 Å². The van der Waals surface area contributed by atoms with Crippen molar-refractivity contribution in [3.8, 4) is 0 Å². The lowest BCUT2D eigenvalue weighted by Gasteiger charge is -2.30. The fourth-order valence-electron chi connectivity index (χ4n) is 3.55. The lowest BCUT2D eigenvalue weighted by atomic mass is 10.1. The SMILES string of the molecule is CC(=O)/C=C1\Sc2ccc(N3CCOCC3)cc2N1Cc1cccc(C)c1. The second-order valence-electron chi connectivity index (χ2n) is 7.02. The lowest BCUT2D eigenvalue weighted by molar-refractivity contribution is -0.112. The minimum atomic E-state index is 0.0768. The van der Waals surface area contributed by atoms with Gasteiger partial charge in [0.25, 0.3) is 0 Å². The molecule has 4 rings (SSSR count). The Balaban J connectivity index is 1.69. The normalized spacial score (nSPS) is 18.1. The van der Waals surface area contributed by atoms with Gasteiger partial charge in [0.1, 0.15) is 0 Å². The number of nitrogens with zero attached hydrogens (tertiary/aromatic N) is 2. The summed E-state index contributed by atoms with van der Waals surface area (Å²) in [6.45, 7) is 7.86. The molecule has 1 saturated heterocycles. The number of carbonyl (C=O) groups is 1. The number of morpholine rings is 1. The topological polar surface area (TPSA) is 32.8 Å². The summed E-state index contributed by atoms with van der Waals surface area (Å²) in [5.41, 5.74) is 4.89. The summed E-state index contributed by atoms with van der Waals surface area (Å²) in [6, 6.07) is 15.2. The van der Waals surface area contributed by atoms with Gasteiger partial charge < -0.3 is 14.5 Å². The maximum Gasteiger partial charge on any atom is 0.155 e. The number of carbonyl (C=O) groups excluding carboxylic acids is 1. The Bertz CT molecular complexity index is 888. The van der Waals surface area contributed by atoms with Crippen LogP contribution in [0.4, 0.5) is 11.4 Å². The zero-order valence-corrected chi connectivity index (χ0v) is 16.6. The number of rotatable bonds is 4. The fraction of sp³-hybridized carbons (Fsp3) is 0.318. The first-order chi connectivity index (χ1) is 13.1. The molecule has 0 radical (unpaired) electrons. The van der Waals surface area contributed by atoms with Crippen LogP contribution in [0.1, 0.15) is 18.1 Å². The van der Waals surface area contributed by atoms with E-state index in [-0.39, 0.29) is 5.78 Å². The molecule has 0 atom stereocenters. The molecule has 2 aromatic rings. The molecule has 2 aliphatic heterocycles. The van der Waals surface area contributed by atoms with E-state index < -0.39 is 0 Å². The molecule has 0 aromatic heterocycles. The summed E-state index contributed by atoms with van der Waals surface area (Å²) in [6.07, 6.45) is 1.74. The highest BCUT2D eigenvalue weighted by Gasteiger charge is 2.27. The van der Waals surface area contributed by atoms with Gasteiger partial charge in [0, 0.05) is 36.3 Å². The van der Waals surface area contributed by atoms with Crippen LogP contribution in [0.15, 0.2) is 58.5 Å². The molecule has 2 aliphatic rings. The minimum Gasteiger partial charge on any atom is -0.378 e. The van der Waals surface area contributed by atoms with Gasteiger partial charge in [-0.1, -0.05) is 41.6 Å². The molecule has 0 saturated carbocycles. The van der Waals surface area contributed by atoms with Gasteiger partial charge in [0.05, 0.1) is 23.9 Å². The monoisotopic (exact) mass is 380 g/mol. The second-order valence-corrected chi connectivity index (χ2v) is 8.08. The Morgan fingerprint density at radius 3 is 2.74 bits per heavy atom. The summed E-state index contributed by atoms with van der Waals surface area (Å²) in [5.74, 6) is 0.0768. The maximum atomic E-state index is 11.8. The summed E-state index contributed by atoms with van der Waals surface area (Å²) in [5, 5.41) is 0.998. The van der Waals surface area contributed by atoms with Crippen molar-refractivity contribution in [2.75, 3.05) is 36.1 Å². The molecule has 0 N–H and O–H groups in total. The zero-order chi connectivity index (χ0) is 18.8. The fourth-order valence-corrected chi connectivity index (χ4v) is 4.68. The Morgan fingerprint density at radius 1 is 1.19 bits per heavy atom. The van der Waals surface area contributed by atoms with Gasteiger partial charge in [-0.2, -0.15) is 0 Å². The van der Waals surface area contributed by atoms with Crippen molar-refractivity contribution in [2.45, 2.75) is 25.3 Å². The van der Waals surface area contributed by atoms with E-state index >= 15 is 0 Å². The molecular formula is C22H24N2O2S. The Kier molecular flexibility index (Phi) is 5.23. The number of benzene rings is 2. The quantitative estimate of drug-likeness (QED) is 0.736. The van der Waals surface area contributed by atoms with Crippen LogP contribution in [0.5, 0.6) is 0 Å². The molecule has 140 valence electrons. The number of fused-ring (bicyclic) bond motifs is 1. The number of ketones is 1. The highest BCUT2D eigenvalue weighted by atomic mass is 32.2. The molecule has 2 heterocycles. The van der Waals surface area contributed by atoms with Crippen molar-refractivity contribution in [1.29, 1.82) is 0 Å². The van der Waals surface area contributed by atoms with Crippen LogP contribution < -0.4 is 9.80 Å². The zero-order valence-electron chi connectivity index (χ0n) is 15.8. The van der Waals surface area contributed by atoms with Gasteiger partial charge in [-0.15, -0.1) is 0 Å². The van der Waals surface area contributed by atoms with Gasteiger partial charge in [-0.05, 0) is 37.6 Å². The molecule has 0 aliphatic carbocycles. The largest absolute Gasteiger partial charge is 0.378 e. The molecular weight excluding hydrogens is 356 g/mol. The number of anilines is 2. The van der Waals surface area contributed by atoms with E-state index in [0.29, 0.717) is 0 Å². The standard InChI is InChI=1S/C22H24N2O2S/c1-16-4-3-5-18(12-16)15-24-20-14-19(23-8-10-26-11-9-23)6-7-21(20)27-22(24)13-17(2)25/h3-7,12-14H,8-11,15H2,1-2H3/b22-13-. The Hall–Kier alpha value is -2.24. The maximum absolute atomic E-state index is 11.8. The van der Waals surface area contributed by atoms with Crippen LogP contribution in [0.2, 0.25) is 0 Å². The highest BCUT2D eigenvalue weighted by molar-refractivity contribution is 8.03. The number of ether oxygens (including phenoxy) is 1. The van der Waals surface area contributed by atoms with Crippen LogP contribution in [0, 0.1) is 6.92 Å². The molecule has 0 unspecified atom stereocenters. The lowest BCUT2D eigenvalue weighted by Crippen LogP contribution is -2.36. The third-order valence-electron chi connectivity index (χ3n) is 4.84. The van der Waals surface area contributed by atoms with E-state index in [1.165, 1.54) is 27.4 Å². The predicted molar refractivity (Wildman–Crippen MR) is 111 cm³/mol. The third kappa shape index (κ3) is 4.04. The van der Waals surface area contributed by atoms with E-state index in [1.807, 2.05) is 0 Å². The number of hydrogen-bond acceptors (Lipinski definition) is 5. The predicted octanol–water partition coefficient (Wildman–Crippen LogP) is 4.37. The molecule has 4 nitrogen and oxygen atoms in total. The van der Waals surface area contributed by atoms with E-state index in [0.717, 1.165) is 37.9 Å². The average molecular weight is 381 g/mol. The molecule has 5 heteroatoms. The molecule has 2 aromatic carbocycles. The van der Waals surface area contributed by atoms with Crippen LogP contribution in [0.3, 0.4) is 0 Å². The molecule has 0 amide bonds. The summed E-state index contributed by atoms with van der Waals surface area (Å²) in [7, 11) is 0. The van der Waals surface area contributed by atoms with Gasteiger partial charge in [0.15, 0.2) is 5.78 Å². The van der Waals surface area contributed by atoms with E-state index in [2.05, 4.69) is 59.2 Å². The number of hydrogen-bond donors (Lipinski definition) is 0. The second kappa shape index (κ2) is 7.79. The van der Waals surface area contributed by atoms with Gasteiger partial charge in [-0.25, -0.2) is 0 Å². The third-order valence-corrected chi connectivity index (χ3v) is 5.95. The molecule has 27 heavy (non-hydrogen) atoms. The van der Waals surface area contributed by atoms with Crippen molar-refractivity contribution in [3.05, 3.63) is 64.7 Å². The van der Waals surface area contributed by atoms with Crippen molar-refractivity contribution in [2.24, 2.45) is 0 Å². The Morgan fingerprint density at radius 2 is 2.00 bits per heavy atom. The molecule has 1 fully saturated rings. The minimum absolute atomic E-state index is 0.0768. The average Bonchev–Trinajstić information content (AvgIpc) is 2.98.